The predicted octanol–water partition coefficient (Wildman–Crippen LogP) is 1.18. The Balaban J connectivity index is 3.95. The van der Waals surface area contributed by atoms with Crippen molar-refractivity contribution < 1.29 is 9.53 Å². The van der Waals surface area contributed by atoms with Crippen molar-refractivity contribution in [2.75, 3.05) is 20.7 Å². The van der Waals surface area contributed by atoms with Crippen LogP contribution in [0.3, 0.4) is 0 Å². The van der Waals surface area contributed by atoms with Gasteiger partial charge in [-0.25, -0.2) is 0 Å². The summed E-state index contributed by atoms with van der Waals surface area (Å²) >= 11 is 4.87. The third-order valence-electron chi connectivity index (χ3n) is 2.63. The highest BCUT2D eigenvalue weighted by Crippen LogP contribution is 2.05. The summed E-state index contributed by atoms with van der Waals surface area (Å²) < 4.78 is 5.09. The highest BCUT2D eigenvalue weighted by molar-refractivity contribution is 7.80. The van der Waals surface area contributed by atoms with E-state index in [9.17, 15) is 4.79 Å². The van der Waals surface area contributed by atoms with Crippen LogP contribution in [0.1, 0.15) is 26.7 Å². The average Bonchev–Trinajstić information content (AvgIpc) is 2.24. The molecule has 0 aromatic rings. The van der Waals surface area contributed by atoms with Crippen LogP contribution in [0.4, 0.5) is 0 Å². The summed E-state index contributed by atoms with van der Waals surface area (Å²) in [4.78, 5) is 13.8. The Kier molecular flexibility index (Phi) is 7.25. The molecule has 0 fully saturated rings. The van der Waals surface area contributed by atoms with E-state index < -0.39 is 0 Å². The van der Waals surface area contributed by atoms with Crippen LogP contribution in [0.15, 0.2) is 0 Å². The Bertz CT molecular complexity index is 246. The number of amides is 1. The van der Waals surface area contributed by atoms with Crippen LogP contribution in [0.25, 0.3) is 0 Å². The van der Waals surface area contributed by atoms with Crippen molar-refractivity contribution in [2.24, 2.45) is 11.7 Å². The minimum absolute atomic E-state index is 0.0591. The largest absolute Gasteiger partial charge is 0.393 e. The Hall–Kier alpha value is -0.680. The summed E-state index contributed by atoms with van der Waals surface area (Å²) in [5, 5.41) is 0. The molecule has 94 valence electrons. The second-order valence-corrected chi connectivity index (χ2v) is 4.63. The summed E-state index contributed by atoms with van der Waals surface area (Å²) in [6.45, 7) is 4.45. The molecular weight excluding hydrogens is 224 g/mol. The number of hydrogen-bond acceptors (Lipinski definition) is 3. The fourth-order valence-corrected chi connectivity index (χ4v) is 1.31. The van der Waals surface area contributed by atoms with Gasteiger partial charge in [-0.2, -0.15) is 0 Å². The third-order valence-corrected chi connectivity index (χ3v) is 3.03. The van der Waals surface area contributed by atoms with Crippen molar-refractivity contribution in [3.63, 3.8) is 0 Å². The molecule has 5 heteroatoms. The first-order chi connectivity index (χ1) is 7.38. The van der Waals surface area contributed by atoms with E-state index in [4.69, 9.17) is 22.7 Å². The van der Waals surface area contributed by atoms with Crippen LogP contribution in [0.2, 0.25) is 0 Å². The van der Waals surface area contributed by atoms with Crippen LogP contribution < -0.4 is 5.73 Å². The standard InChI is InChI=1S/C11H22N2O2S/c1-8(11(12)16)7-13(3)10(14)6-5-9(2)15-4/h8-9H,5-7H2,1-4H3,(H2,12,16). The number of hydrogen-bond donors (Lipinski definition) is 1. The predicted molar refractivity (Wildman–Crippen MR) is 69.3 cm³/mol. The van der Waals surface area contributed by atoms with Gasteiger partial charge in [-0.3, -0.25) is 4.79 Å². The monoisotopic (exact) mass is 246 g/mol. The van der Waals surface area contributed by atoms with Gasteiger partial charge in [0.15, 0.2) is 0 Å². The summed E-state index contributed by atoms with van der Waals surface area (Å²) in [5.41, 5.74) is 5.50. The molecule has 0 saturated heterocycles. The molecular formula is C11H22N2O2S. The minimum Gasteiger partial charge on any atom is -0.393 e. The van der Waals surface area contributed by atoms with E-state index in [2.05, 4.69) is 0 Å². The van der Waals surface area contributed by atoms with Gasteiger partial charge in [0.2, 0.25) is 5.91 Å². The summed E-state index contributed by atoms with van der Waals surface area (Å²) in [6, 6.07) is 0. The first-order valence-electron chi connectivity index (χ1n) is 5.44. The van der Waals surface area contributed by atoms with Crippen molar-refractivity contribution in [3.8, 4) is 0 Å². The molecule has 2 N–H and O–H groups in total. The molecule has 0 rings (SSSR count). The maximum atomic E-state index is 11.7. The third kappa shape index (κ3) is 6.02. The molecule has 0 saturated carbocycles. The molecule has 1 amide bonds. The van der Waals surface area contributed by atoms with Gasteiger partial charge in [0, 0.05) is 33.0 Å². The van der Waals surface area contributed by atoms with Gasteiger partial charge in [-0.05, 0) is 13.3 Å². The van der Waals surface area contributed by atoms with E-state index in [0.29, 0.717) is 18.0 Å². The minimum atomic E-state index is 0.0591. The van der Waals surface area contributed by atoms with Gasteiger partial charge < -0.3 is 15.4 Å². The average molecular weight is 246 g/mol. The lowest BCUT2D eigenvalue weighted by Gasteiger charge is -2.21. The highest BCUT2D eigenvalue weighted by atomic mass is 32.1. The number of carbonyl (C=O) groups excluding carboxylic acids is 1. The molecule has 0 aromatic carbocycles. The summed E-state index contributed by atoms with van der Waals surface area (Å²) in [5.74, 6) is 0.163. The molecule has 0 aliphatic rings. The van der Waals surface area contributed by atoms with Crippen LogP contribution in [0.5, 0.6) is 0 Å². The van der Waals surface area contributed by atoms with Gasteiger partial charge in [-0.1, -0.05) is 19.1 Å². The molecule has 0 aromatic heterocycles. The lowest BCUT2D eigenvalue weighted by atomic mass is 10.1. The first kappa shape index (κ1) is 15.3. The van der Waals surface area contributed by atoms with E-state index in [-0.39, 0.29) is 17.9 Å². The highest BCUT2D eigenvalue weighted by Gasteiger charge is 2.14. The second-order valence-electron chi connectivity index (χ2n) is 4.16. The van der Waals surface area contributed by atoms with Crippen LogP contribution in [-0.4, -0.2) is 42.6 Å². The lowest BCUT2D eigenvalue weighted by Crippen LogP contribution is -2.35. The number of carbonyl (C=O) groups is 1. The number of thiocarbonyl (C=S) groups is 1. The molecule has 2 atom stereocenters. The van der Waals surface area contributed by atoms with Gasteiger partial charge in [0.1, 0.15) is 0 Å². The van der Waals surface area contributed by atoms with E-state index >= 15 is 0 Å². The SMILES string of the molecule is COC(C)CCC(=O)N(C)CC(C)C(N)=S. The topological polar surface area (TPSA) is 55.6 Å². The maximum Gasteiger partial charge on any atom is 0.222 e. The Morgan fingerprint density at radius 2 is 2.06 bits per heavy atom. The van der Waals surface area contributed by atoms with Crippen molar-refractivity contribution in [1.82, 2.24) is 4.90 Å². The van der Waals surface area contributed by atoms with Gasteiger partial charge in [0.05, 0.1) is 11.1 Å². The number of nitrogens with two attached hydrogens (primary N) is 1. The van der Waals surface area contributed by atoms with E-state index in [1.54, 1.807) is 19.1 Å². The molecule has 0 spiro atoms. The zero-order valence-electron chi connectivity index (χ0n) is 10.5. The summed E-state index contributed by atoms with van der Waals surface area (Å²) in [6.07, 6.45) is 1.35. The number of methoxy groups -OCH3 is 1. The molecule has 0 aliphatic heterocycles. The number of rotatable bonds is 7. The molecule has 0 aliphatic carbocycles. The summed E-state index contributed by atoms with van der Waals surface area (Å²) in [7, 11) is 3.42. The van der Waals surface area contributed by atoms with Crippen LogP contribution in [-0.2, 0) is 9.53 Å². The Morgan fingerprint density at radius 3 is 2.50 bits per heavy atom. The van der Waals surface area contributed by atoms with E-state index in [0.717, 1.165) is 6.42 Å². The fraction of sp³-hybridized carbons (Fsp3) is 0.818. The van der Waals surface area contributed by atoms with Crippen LogP contribution in [0, 0.1) is 5.92 Å². The maximum absolute atomic E-state index is 11.7. The number of ether oxygens (including phenoxy) is 1. The first-order valence-corrected chi connectivity index (χ1v) is 5.85. The zero-order chi connectivity index (χ0) is 12.7. The Morgan fingerprint density at radius 1 is 1.50 bits per heavy atom. The molecule has 4 nitrogen and oxygen atoms in total. The van der Waals surface area contributed by atoms with Crippen molar-refractivity contribution in [2.45, 2.75) is 32.8 Å². The normalized spacial score (nSPS) is 14.2. The molecule has 16 heavy (non-hydrogen) atoms. The van der Waals surface area contributed by atoms with Gasteiger partial charge in [0.25, 0.3) is 0 Å². The quantitative estimate of drug-likeness (QED) is 0.685. The molecule has 0 heterocycles. The van der Waals surface area contributed by atoms with E-state index in [1.807, 2.05) is 13.8 Å². The lowest BCUT2D eigenvalue weighted by molar-refractivity contribution is -0.130. The number of nitrogens with zero attached hydrogens (tertiary/aromatic N) is 1. The van der Waals surface area contributed by atoms with Gasteiger partial charge in [-0.15, -0.1) is 0 Å². The van der Waals surface area contributed by atoms with E-state index in [1.165, 1.54) is 0 Å². The van der Waals surface area contributed by atoms with Gasteiger partial charge >= 0.3 is 0 Å². The van der Waals surface area contributed by atoms with Crippen LogP contribution >= 0.6 is 12.2 Å². The fourth-order valence-electron chi connectivity index (χ4n) is 1.24. The molecule has 0 bridgehead atoms. The molecule has 0 radical (unpaired) electrons. The zero-order valence-corrected chi connectivity index (χ0v) is 11.3. The van der Waals surface area contributed by atoms with Crippen molar-refractivity contribution in [3.05, 3.63) is 0 Å². The Labute approximate surface area is 103 Å². The van der Waals surface area contributed by atoms with Crippen molar-refractivity contribution in [1.29, 1.82) is 0 Å². The smallest absolute Gasteiger partial charge is 0.222 e. The van der Waals surface area contributed by atoms with Crippen molar-refractivity contribution >= 4 is 23.1 Å². The second kappa shape index (κ2) is 7.57. The molecule has 2 unspecified atom stereocenters.